The van der Waals surface area contributed by atoms with Gasteiger partial charge in [0.25, 0.3) is 0 Å². The predicted octanol–water partition coefficient (Wildman–Crippen LogP) is 0.681. The van der Waals surface area contributed by atoms with Crippen molar-refractivity contribution in [2.24, 2.45) is 0 Å². The molecule has 1 heterocycles. The Bertz CT molecular complexity index is 420. The minimum absolute atomic E-state index is 0.00662. The maximum atomic E-state index is 12.2. The summed E-state index contributed by atoms with van der Waals surface area (Å²) in [6, 6.07) is 7.56. The van der Waals surface area contributed by atoms with Gasteiger partial charge in [0, 0.05) is 19.3 Å². The van der Waals surface area contributed by atoms with Gasteiger partial charge in [-0.3, -0.25) is 4.79 Å². The molecule has 0 saturated carbocycles. The molecule has 2 atom stereocenters. The Morgan fingerprint density at radius 3 is 2.88 bits per heavy atom. The second kappa shape index (κ2) is 4.85. The fourth-order valence-electron chi connectivity index (χ4n) is 2.10. The average Bonchev–Trinajstić information content (AvgIpc) is 2.74. The van der Waals surface area contributed by atoms with Crippen molar-refractivity contribution in [3.8, 4) is 0 Å². The molecule has 1 aliphatic rings. The van der Waals surface area contributed by atoms with Crippen molar-refractivity contribution < 1.29 is 9.90 Å². The Hall–Kier alpha value is -1.39. The maximum Gasteiger partial charge on any atom is 0.243 e. The minimum atomic E-state index is -0.408. The third-order valence-electron chi connectivity index (χ3n) is 3.13. The number of amides is 1. The number of likely N-dealkylation sites (N-methyl/N-ethyl adjacent to an activating group) is 1. The number of β-amino-alcohol motifs (C(OH)–C–C–N with tert-alkyl or cyclic N) is 1. The van der Waals surface area contributed by atoms with E-state index in [0.29, 0.717) is 13.0 Å². The van der Waals surface area contributed by atoms with E-state index in [-0.39, 0.29) is 11.9 Å². The molecule has 2 N–H and O–H groups in total. The van der Waals surface area contributed by atoms with Gasteiger partial charge in [-0.25, -0.2) is 0 Å². The first kappa shape index (κ1) is 12.1. The molecule has 1 saturated heterocycles. The first-order valence-corrected chi connectivity index (χ1v) is 5.83. The van der Waals surface area contributed by atoms with Crippen molar-refractivity contribution >= 4 is 11.6 Å². The van der Waals surface area contributed by atoms with Crippen LogP contribution in [0.3, 0.4) is 0 Å². The van der Waals surface area contributed by atoms with Crippen molar-refractivity contribution in [2.45, 2.75) is 25.5 Å². The number of hydrogen-bond donors (Lipinski definition) is 2. The van der Waals surface area contributed by atoms with Gasteiger partial charge in [-0.05, 0) is 31.0 Å². The fraction of sp³-hybridized carbons (Fsp3) is 0.462. The van der Waals surface area contributed by atoms with Crippen LogP contribution in [0.4, 0.5) is 5.69 Å². The molecule has 0 spiro atoms. The molecule has 0 aromatic heterocycles. The molecular formula is C13H18N2O2. The molecule has 4 nitrogen and oxygen atoms in total. The Balaban J connectivity index is 2.09. The Morgan fingerprint density at radius 1 is 1.53 bits per heavy atom. The Labute approximate surface area is 101 Å². The van der Waals surface area contributed by atoms with Crippen LogP contribution >= 0.6 is 0 Å². The third kappa shape index (κ3) is 2.65. The second-order valence-electron chi connectivity index (χ2n) is 4.59. The zero-order valence-electron chi connectivity index (χ0n) is 10.2. The molecular weight excluding hydrogens is 216 g/mol. The molecule has 1 aliphatic heterocycles. The number of anilines is 1. The summed E-state index contributed by atoms with van der Waals surface area (Å²) in [5.41, 5.74) is 2.01. The molecule has 92 valence electrons. The fourth-order valence-corrected chi connectivity index (χ4v) is 2.10. The standard InChI is InChI=1S/C13H18N2O2/c1-9-4-3-5-10(6-9)15(2)13(17)12-7-11(16)8-14-12/h3-6,11-12,14,16H,7-8H2,1-2H3. The number of nitrogens with one attached hydrogen (secondary N) is 1. The highest BCUT2D eigenvalue weighted by molar-refractivity contribution is 5.97. The number of aryl methyl sites for hydroxylation is 1. The first-order chi connectivity index (χ1) is 8.08. The van der Waals surface area contributed by atoms with E-state index in [4.69, 9.17) is 0 Å². The minimum Gasteiger partial charge on any atom is -0.392 e. The monoisotopic (exact) mass is 234 g/mol. The van der Waals surface area contributed by atoms with E-state index < -0.39 is 6.10 Å². The SMILES string of the molecule is Cc1cccc(N(C)C(=O)C2CC(O)CN2)c1. The second-order valence-corrected chi connectivity index (χ2v) is 4.59. The molecule has 0 radical (unpaired) electrons. The molecule has 0 bridgehead atoms. The van der Waals surface area contributed by atoms with E-state index in [1.54, 1.807) is 11.9 Å². The van der Waals surface area contributed by atoms with Crippen LogP contribution in [0.2, 0.25) is 0 Å². The van der Waals surface area contributed by atoms with Gasteiger partial charge >= 0.3 is 0 Å². The van der Waals surface area contributed by atoms with Gasteiger partial charge in [0.15, 0.2) is 0 Å². The average molecular weight is 234 g/mol. The van der Waals surface area contributed by atoms with Crippen LogP contribution < -0.4 is 10.2 Å². The molecule has 1 amide bonds. The van der Waals surface area contributed by atoms with Crippen LogP contribution in [0.25, 0.3) is 0 Å². The van der Waals surface area contributed by atoms with Crippen LogP contribution in [0.5, 0.6) is 0 Å². The summed E-state index contributed by atoms with van der Waals surface area (Å²) in [5, 5.41) is 12.4. The summed E-state index contributed by atoms with van der Waals surface area (Å²) in [5.74, 6) is 0.00662. The molecule has 1 aromatic carbocycles. The molecule has 0 aliphatic carbocycles. The molecule has 2 rings (SSSR count). The van der Waals surface area contributed by atoms with Crippen molar-refractivity contribution in [3.05, 3.63) is 29.8 Å². The van der Waals surface area contributed by atoms with Gasteiger partial charge in [-0.1, -0.05) is 12.1 Å². The number of nitrogens with zero attached hydrogens (tertiary/aromatic N) is 1. The lowest BCUT2D eigenvalue weighted by atomic mass is 10.1. The number of benzene rings is 1. The zero-order chi connectivity index (χ0) is 12.4. The lowest BCUT2D eigenvalue weighted by Gasteiger charge is -2.21. The number of aliphatic hydroxyl groups excluding tert-OH is 1. The molecule has 17 heavy (non-hydrogen) atoms. The Kier molecular flexibility index (Phi) is 3.45. The maximum absolute atomic E-state index is 12.2. The van der Waals surface area contributed by atoms with Crippen LogP contribution in [-0.2, 0) is 4.79 Å². The van der Waals surface area contributed by atoms with Crippen molar-refractivity contribution in [3.63, 3.8) is 0 Å². The lowest BCUT2D eigenvalue weighted by molar-refractivity contribution is -0.120. The van der Waals surface area contributed by atoms with Crippen molar-refractivity contribution in [2.75, 3.05) is 18.5 Å². The van der Waals surface area contributed by atoms with Crippen molar-refractivity contribution in [1.29, 1.82) is 0 Å². The molecule has 4 heteroatoms. The smallest absolute Gasteiger partial charge is 0.243 e. The number of carbonyl (C=O) groups is 1. The highest BCUT2D eigenvalue weighted by Gasteiger charge is 2.30. The van der Waals surface area contributed by atoms with Gasteiger partial charge in [0.05, 0.1) is 12.1 Å². The summed E-state index contributed by atoms with van der Waals surface area (Å²) < 4.78 is 0. The van der Waals surface area contributed by atoms with Gasteiger partial charge in [0.1, 0.15) is 0 Å². The van der Waals surface area contributed by atoms with E-state index in [1.807, 2.05) is 31.2 Å². The van der Waals surface area contributed by atoms with Crippen LogP contribution in [0.1, 0.15) is 12.0 Å². The largest absolute Gasteiger partial charge is 0.392 e. The summed E-state index contributed by atoms with van der Waals surface area (Å²) in [6.45, 7) is 2.50. The quantitative estimate of drug-likeness (QED) is 0.791. The number of aliphatic hydroxyl groups is 1. The van der Waals surface area contributed by atoms with Crippen LogP contribution in [0.15, 0.2) is 24.3 Å². The highest BCUT2D eigenvalue weighted by atomic mass is 16.3. The zero-order valence-corrected chi connectivity index (χ0v) is 10.2. The van der Waals surface area contributed by atoms with Gasteiger partial charge < -0.3 is 15.3 Å². The number of carbonyl (C=O) groups excluding carboxylic acids is 1. The molecule has 1 fully saturated rings. The van der Waals surface area contributed by atoms with Gasteiger partial charge in [-0.2, -0.15) is 0 Å². The lowest BCUT2D eigenvalue weighted by Crippen LogP contribution is -2.41. The van der Waals surface area contributed by atoms with E-state index in [0.717, 1.165) is 11.3 Å². The van der Waals surface area contributed by atoms with E-state index in [2.05, 4.69) is 5.32 Å². The summed E-state index contributed by atoms with van der Waals surface area (Å²) in [7, 11) is 1.77. The normalized spacial score (nSPS) is 23.7. The van der Waals surface area contributed by atoms with Gasteiger partial charge in [0.2, 0.25) is 5.91 Å². The van der Waals surface area contributed by atoms with Crippen LogP contribution in [0, 0.1) is 6.92 Å². The molecule has 1 aromatic rings. The predicted molar refractivity (Wildman–Crippen MR) is 67.0 cm³/mol. The third-order valence-corrected chi connectivity index (χ3v) is 3.13. The van der Waals surface area contributed by atoms with E-state index in [1.165, 1.54) is 0 Å². The number of rotatable bonds is 2. The van der Waals surface area contributed by atoms with Crippen LogP contribution in [-0.4, -0.2) is 36.8 Å². The highest BCUT2D eigenvalue weighted by Crippen LogP contribution is 2.17. The first-order valence-electron chi connectivity index (χ1n) is 5.83. The van der Waals surface area contributed by atoms with E-state index in [9.17, 15) is 9.90 Å². The van der Waals surface area contributed by atoms with E-state index >= 15 is 0 Å². The molecule has 2 unspecified atom stereocenters. The summed E-state index contributed by atoms with van der Waals surface area (Å²) in [4.78, 5) is 13.8. The van der Waals surface area contributed by atoms with Gasteiger partial charge in [-0.15, -0.1) is 0 Å². The number of hydrogen-bond acceptors (Lipinski definition) is 3. The van der Waals surface area contributed by atoms with Crippen molar-refractivity contribution in [1.82, 2.24) is 5.32 Å². The topological polar surface area (TPSA) is 52.6 Å². The Morgan fingerprint density at radius 2 is 2.29 bits per heavy atom. The summed E-state index contributed by atoms with van der Waals surface area (Å²) >= 11 is 0. The summed E-state index contributed by atoms with van der Waals surface area (Å²) in [6.07, 6.45) is 0.0875.